The Morgan fingerprint density at radius 3 is 1.87 bits per heavy atom. The zero-order valence-electron chi connectivity index (χ0n) is 20.8. The summed E-state index contributed by atoms with van der Waals surface area (Å²) in [5.41, 5.74) is 2.55. The first kappa shape index (κ1) is 29.9. The van der Waals surface area contributed by atoms with Crippen molar-refractivity contribution in [3.05, 3.63) is 22.5 Å². The number of carbonyl (C=O) groups excluding carboxylic acids is 3. The van der Waals surface area contributed by atoms with Crippen LogP contribution in [-0.4, -0.2) is 42.0 Å². The number of nitrogens with one attached hydrogen (secondary N) is 3. The van der Waals surface area contributed by atoms with Gasteiger partial charge in [-0.2, -0.15) is 0 Å². The fraction of sp³-hybridized carbons (Fsp3) is 0.696. The lowest BCUT2D eigenvalue weighted by Gasteiger charge is -2.30. The van der Waals surface area contributed by atoms with Gasteiger partial charge in [0.15, 0.2) is 6.61 Å². The molecule has 0 aliphatic heterocycles. The smallest absolute Gasteiger partial charge is 0.355 e. The summed E-state index contributed by atoms with van der Waals surface area (Å²) in [6.07, 6.45) is 1.25. The maximum absolute atomic E-state index is 12.1. The van der Waals surface area contributed by atoms with Crippen molar-refractivity contribution < 1.29 is 19.1 Å². The van der Waals surface area contributed by atoms with Crippen molar-refractivity contribution in [2.75, 3.05) is 13.2 Å². The summed E-state index contributed by atoms with van der Waals surface area (Å²) in [5, 5.41) is 5.34. The number of esters is 1. The van der Waals surface area contributed by atoms with Gasteiger partial charge in [0.2, 0.25) is 5.91 Å². The molecule has 1 aromatic heterocycles. The summed E-state index contributed by atoms with van der Waals surface area (Å²) >= 11 is 0. The zero-order chi connectivity index (χ0) is 24.1. The first-order chi connectivity index (χ1) is 13.9. The first-order valence-corrected chi connectivity index (χ1v) is 10.8. The van der Waals surface area contributed by atoms with Crippen LogP contribution < -0.4 is 10.6 Å². The number of aryl methyl sites for hydroxylation is 1. The average Bonchev–Trinajstić information content (AvgIpc) is 2.93. The van der Waals surface area contributed by atoms with Crippen molar-refractivity contribution in [3.63, 3.8) is 0 Å². The minimum atomic E-state index is -0.713. The highest BCUT2D eigenvalue weighted by atomic mass is 16.5. The Morgan fingerprint density at radius 1 is 1.00 bits per heavy atom. The van der Waals surface area contributed by atoms with Crippen LogP contribution >= 0.6 is 0 Å². The first-order valence-electron chi connectivity index (χ1n) is 10.8. The lowest BCUT2D eigenvalue weighted by molar-refractivity contribution is -0.133. The molecule has 3 N–H and O–H groups in total. The number of aromatic nitrogens is 1. The van der Waals surface area contributed by atoms with Crippen LogP contribution in [0.3, 0.4) is 0 Å². The topological polar surface area (TPSA) is 100 Å². The standard InChI is InChI=1S/C18H29N3O4.C3H8.C2H6/c1-8-19-16(23)15(18(5,6)7)21-13(22)9-25-17(24)14-11(3)10(2)12(4)20-14;1-3-2;1-2/h15,20H,8-9H2,1-7H3,(H,19,23)(H,21,22);3H2,1-2H3;1-2H3. The lowest BCUT2D eigenvalue weighted by Crippen LogP contribution is -2.54. The highest BCUT2D eigenvalue weighted by molar-refractivity contribution is 5.93. The van der Waals surface area contributed by atoms with E-state index >= 15 is 0 Å². The van der Waals surface area contributed by atoms with Crippen molar-refractivity contribution in [1.29, 1.82) is 0 Å². The molecule has 2 amide bonds. The second-order valence-electron chi connectivity index (χ2n) is 7.92. The average molecular weight is 426 g/mol. The summed E-state index contributed by atoms with van der Waals surface area (Å²) < 4.78 is 5.08. The van der Waals surface area contributed by atoms with Gasteiger partial charge < -0.3 is 20.4 Å². The fourth-order valence-corrected chi connectivity index (χ4v) is 2.41. The van der Waals surface area contributed by atoms with E-state index in [1.807, 2.05) is 62.3 Å². The lowest BCUT2D eigenvalue weighted by atomic mass is 9.86. The van der Waals surface area contributed by atoms with Crippen molar-refractivity contribution >= 4 is 17.8 Å². The van der Waals surface area contributed by atoms with Gasteiger partial charge in [0, 0.05) is 12.2 Å². The normalized spacial score (nSPS) is 11.2. The van der Waals surface area contributed by atoms with E-state index in [-0.39, 0.29) is 5.91 Å². The molecule has 1 atom stereocenters. The molecule has 7 nitrogen and oxygen atoms in total. The third-order valence-corrected chi connectivity index (χ3v) is 4.14. The number of likely N-dealkylation sites (N-methyl/N-ethyl adjacent to an activating group) is 1. The van der Waals surface area contributed by atoms with Crippen LogP contribution in [0.1, 0.15) is 89.1 Å². The second-order valence-corrected chi connectivity index (χ2v) is 7.92. The highest BCUT2D eigenvalue weighted by Crippen LogP contribution is 2.20. The van der Waals surface area contributed by atoms with Crippen molar-refractivity contribution in [3.8, 4) is 0 Å². The number of amides is 2. The van der Waals surface area contributed by atoms with E-state index < -0.39 is 29.9 Å². The predicted molar refractivity (Wildman–Crippen MR) is 123 cm³/mol. The summed E-state index contributed by atoms with van der Waals surface area (Å²) in [4.78, 5) is 39.4. The zero-order valence-corrected chi connectivity index (χ0v) is 20.8. The van der Waals surface area contributed by atoms with E-state index in [1.54, 1.807) is 0 Å². The van der Waals surface area contributed by atoms with E-state index in [2.05, 4.69) is 29.5 Å². The fourth-order valence-electron chi connectivity index (χ4n) is 2.41. The monoisotopic (exact) mass is 425 g/mol. The molecular formula is C23H43N3O4. The molecule has 1 aromatic rings. The summed E-state index contributed by atoms with van der Waals surface area (Å²) in [6, 6.07) is -0.713. The van der Waals surface area contributed by atoms with Gasteiger partial charge >= 0.3 is 5.97 Å². The maximum atomic E-state index is 12.1. The number of hydrogen-bond donors (Lipinski definition) is 3. The van der Waals surface area contributed by atoms with E-state index in [9.17, 15) is 14.4 Å². The Bertz CT molecular complexity index is 673. The molecule has 0 saturated heterocycles. The molecule has 0 aromatic carbocycles. The summed E-state index contributed by atoms with van der Waals surface area (Å²) in [6.45, 7) is 21.2. The molecular weight excluding hydrogens is 382 g/mol. The Hall–Kier alpha value is -2.31. The van der Waals surface area contributed by atoms with Crippen LogP contribution in [0.4, 0.5) is 0 Å². The van der Waals surface area contributed by atoms with Gasteiger partial charge in [-0.05, 0) is 44.2 Å². The van der Waals surface area contributed by atoms with Crippen molar-refractivity contribution in [2.45, 2.75) is 88.6 Å². The number of hydrogen-bond acceptors (Lipinski definition) is 4. The summed E-state index contributed by atoms with van der Waals surface area (Å²) in [5.74, 6) is -1.37. The molecule has 0 aliphatic rings. The van der Waals surface area contributed by atoms with Crippen LogP contribution in [0, 0.1) is 26.2 Å². The van der Waals surface area contributed by atoms with Crippen LogP contribution in [0.2, 0.25) is 0 Å². The molecule has 0 aliphatic carbocycles. The van der Waals surface area contributed by atoms with Gasteiger partial charge in [0.25, 0.3) is 5.91 Å². The van der Waals surface area contributed by atoms with Gasteiger partial charge in [0.1, 0.15) is 11.7 Å². The Kier molecular flexibility index (Phi) is 14.6. The second kappa shape index (κ2) is 14.6. The number of rotatable bonds is 6. The van der Waals surface area contributed by atoms with Crippen LogP contribution in [-0.2, 0) is 14.3 Å². The van der Waals surface area contributed by atoms with Crippen LogP contribution in [0.25, 0.3) is 0 Å². The molecule has 0 saturated carbocycles. The number of aromatic amines is 1. The molecule has 1 heterocycles. The molecule has 0 fully saturated rings. The third kappa shape index (κ3) is 9.94. The number of H-pyrrole nitrogens is 1. The molecule has 30 heavy (non-hydrogen) atoms. The van der Waals surface area contributed by atoms with Crippen LogP contribution in [0.15, 0.2) is 0 Å². The Morgan fingerprint density at radius 2 is 1.50 bits per heavy atom. The molecule has 1 unspecified atom stereocenters. The molecule has 0 radical (unpaired) electrons. The van der Waals surface area contributed by atoms with Gasteiger partial charge in [-0.15, -0.1) is 0 Å². The molecule has 1 rings (SSSR count). The highest BCUT2D eigenvalue weighted by Gasteiger charge is 2.32. The number of ether oxygens (including phenoxy) is 1. The maximum Gasteiger partial charge on any atom is 0.355 e. The minimum Gasteiger partial charge on any atom is -0.451 e. The quantitative estimate of drug-likeness (QED) is 0.595. The Labute approximate surface area is 182 Å². The Balaban J connectivity index is 0. The summed E-state index contributed by atoms with van der Waals surface area (Å²) in [7, 11) is 0. The predicted octanol–water partition coefficient (Wildman–Crippen LogP) is 4.21. The van der Waals surface area contributed by atoms with E-state index in [0.29, 0.717) is 12.2 Å². The minimum absolute atomic E-state index is 0.263. The van der Waals surface area contributed by atoms with Crippen molar-refractivity contribution in [2.24, 2.45) is 5.41 Å². The van der Waals surface area contributed by atoms with Gasteiger partial charge in [0.05, 0.1) is 0 Å². The van der Waals surface area contributed by atoms with Gasteiger partial charge in [-0.1, -0.05) is 54.9 Å². The van der Waals surface area contributed by atoms with E-state index in [1.165, 1.54) is 6.42 Å². The van der Waals surface area contributed by atoms with Gasteiger partial charge in [-0.25, -0.2) is 4.79 Å². The largest absolute Gasteiger partial charge is 0.451 e. The third-order valence-electron chi connectivity index (χ3n) is 4.14. The molecule has 0 spiro atoms. The van der Waals surface area contributed by atoms with E-state index in [4.69, 9.17) is 4.74 Å². The molecule has 7 heteroatoms. The van der Waals surface area contributed by atoms with Crippen LogP contribution in [0.5, 0.6) is 0 Å². The molecule has 0 bridgehead atoms. The SMILES string of the molecule is CC.CCC.CCNC(=O)C(NC(=O)COC(=O)c1[nH]c(C)c(C)c1C)C(C)(C)C. The molecule has 174 valence electrons. The van der Waals surface area contributed by atoms with E-state index in [0.717, 1.165) is 16.8 Å². The van der Waals surface area contributed by atoms with Crippen molar-refractivity contribution in [1.82, 2.24) is 15.6 Å². The number of carbonyl (C=O) groups is 3. The van der Waals surface area contributed by atoms with Gasteiger partial charge in [-0.3, -0.25) is 9.59 Å².